The van der Waals surface area contributed by atoms with Crippen molar-refractivity contribution in [3.63, 3.8) is 0 Å². The number of nitrogen functional groups attached to an aromatic ring is 1. The van der Waals surface area contributed by atoms with Crippen LogP contribution in [-0.2, 0) is 11.2 Å². The molecule has 0 aliphatic rings. The highest BCUT2D eigenvalue weighted by Gasteiger charge is 2.16. The molecule has 0 atom stereocenters. The summed E-state index contributed by atoms with van der Waals surface area (Å²) >= 11 is 0. The largest absolute Gasteiger partial charge is 0.493 e. The van der Waals surface area contributed by atoms with Crippen molar-refractivity contribution >= 4 is 33.6 Å². The van der Waals surface area contributed by atoms with Crippen LogP contribution in [0.25, 0.3) is 32.9 Å². The number of nitrogens with one attached hydrogen (secondary N) is 1. The van der Waals surface area contributed by atoms with Crippen molar-refractivity contribution in [1.82, 2.24) is 20.3 Å². The normalized spacial score (nSPS) is 11.5. The first-order valence-electron chi connectivity index (χ1n) is 11.7. The number of rotatable bonds is 7. The average molecular weight is 490 g/mol. The standard InChI is InChI=1S/C27H31N5O4/c1-27(2,3)36-26(33)30-8-6-7-16-9-17(14-29-13-16)21-10-18-19-11-23(34-4)24(35-5)12-22(19)31-15-20(18)25(28)32-21/h9-15H,6-8H2,1-5H3,(H2,28,32)(H,30,33). The Hall–Kier alpha value is -4.14. The van der Waals surface area contributed by atoms with Crippen LogP contribution in [0.4, 0.5) is 10.6 Å². The van der Waals surface area contributed by atoms with E-state index in [1.165, 1.54) is 0 Å². The van der Waals surface area contributed by atoms with E-state index >= 15 is 0 Å². The van der Waals surface area contributed by atoms with Crippen LogP contribution < -0.4 is 20.5 Å². The topological polar surface area (TPSA) is 121 Å². The number of nitrogens with zero attached hydrogens (tertiary/aromatic N) is 3. The second kappa shape index (κ2) is 10.2. The summed E-state index contributed by atoms with van der Waals surface area (Å²) in [6.07, 6.45) is 6.38. The Kier molecular flexibility index (Phi) is 7.10. The summed E-state index contributed by atoms with van der Waals surface area (Å²) < 4.78 is 16.2. The molecule has 3 aromatic heterocycles. The summed E-state index contributed by atoms with van der Waals surface area (Å²) in [6.45, 7) is 6.02. The van der Waals surface area contributed by atoms with Crippen molar-refractivity contribution in [2.75, 3.05) is 26.5 Å². The Morgan fingerprint density at radius 3 is 2.44 bits per heavy atom. The Labute approximate surface area is 210 Å². The van der Waals surface area contributed by atoms with Crippen molar-refractivity contribution in [3.05, 3.63) is 48.4 Å². The number of benzene rings is 1. The Morgan fingerprint density at radius 1 is 0.972 bits per heavy atom. The number of nitrogens with two attached hydrogens (primary N) is 1. The predicted molar refractivity (Wildman–Crippen MR) is 140 cm³/mol. The highest BCUT2D eigenvalue weighted by atomic mass is 16.6. The molecule has 1 aromatic carbocycles. The minimum atomic E-state index is -0.518. The molecule has 0 aliphatic carbocycles. The molecule has 0 saturated carbocycles. The Morgan fingerprint density at radius 2 is 1.72 bits per heavy atom. The molecule has 4 aromatic rings. The van der Waals surface area contributed by atoms with Crippen molar-refractivity contribution in [2.24, 2.45) is 0 Å². The minimum absolute atomic E-state index is 0.388. The number of alkyl carbamates (subject to hydrolysis) is 1. The lowest BCUT2D eigenvalue weighted by molar-refractivity contribution is 0.0527. The Balaban J connectivity index is 1.59. The van der Waals surface area contributed by atoms with Gasteiger partial charge in [-0.3, -0.25) is 9.97 Å². The van der Waals surface area contributed by atoms with E-state index in [0.29, 0.717) is 29.6 Å². The number of anilines is 1. The number of carbonyl (C=O) groups is 1. The Bertz CT molecular complexity index is 1420. The number of fused-ring (bicyclic) bond motifs is 3. The maximum Gasteiger partial charge on any atom is 0.407 e. The first kappa shape index (κ1) is 25.0. The van der Waals surface area contributed by atoms with Gasteiger partial charge in [0, 0.05) is 47.5 Å². The number of aryl methyl sites for hydroxylation is 1. The summed E-state index contributed by atoms with van der Waals surface area (Å²) in [7, 11) is 3.20. The summed E-state index contributed by atoms with van der Waals surface area (Å²) in [5, 5.41) is 5.34. The molecule has 0 bridgehead atoms. The van der Waals surface area contributed by atoms with E-state index in [-0.39, 0.29) is 0 Å². The highest BCUT2D eigenvalue weighted by molar-refractivity contribution is 6.10. The fourth-order valence-electron chi connectivity index (χ4n) is 3.97. The fraction of sp³-hybridized carbons (Fsp3) is 0.333. The molecule has 0 aliphatic heterocycles. The van der Waals surface area contributed by atoms with E-state index in [4.69, 9.17) is 19.9 Å². The molecule has 4 rings (SSSR count). The molecule has 0 fully saturated rings. The lowest BCUT2D eigenvalue weighted by Gasteiger charge is -2.19. The van der Waals surface area contributed by atoms with Gasteiger partial charge in [-0.25, -0.2) is 9.78 Å². The van der Waals surface area contributed by atoms with Crippen molar-refractivity contribution < 1.29 is 19.0 Å². The van der Waals surface area contributed by atoms with Gasteiger partial charge in [-0.1, -0.05) is 0 Å². The molecule has 0 saturated heterocycles. The monoisotopic (exact) mass is 489 g/mol. The summed E-state index contributed by atoms with van der Waals surface area (Å²) in [5.41, 5.74) is 9.18. The summed E-state index contributed by atoms with van der Waals surface area (Å²) in [4.78, 5) is 25.4. The average Bonchev–Trinajstić information content (AvgIpc) is 2.84. The molecule has 3 N–H and O–H groups in total. The van der Waals surface area contributed by atoms with Crippen LogP contribution in [0.3, 0.4) is 0 Å². The van der Waals surface area contributed by atoms with E-state index in [1.807, 2.05) is 51.2 Å². The maximum atomic E-state index is 11.8. The van der Waals surface area contributed by atoms with Gasteiger partial charge in [0.15, 0.2) is 11.5 Å². The van der Waals surface area contributed by atoms with Gasteiger partial charge in [0.2, 0.25) is 0 Å². The SMILES string of the molecule is COc1cc2ncc3c(N)nc(-c4cncc(CCCNC(=O)OC(C)(C)C)c4)cc3c2cc1OC. The number of aromatic nitrogens is 3. The zero-order valence-electron chi connectivity index (χ0n) is 21.2. The summed E-state index contributed by atoms with van der Waals surface area (Å²) in [5.74, 6) is 1.61. The molecule has 0 unspecified atom stereocenters. The third-order valence-corrected chi connectivity index (χ3v) is 5.61. The molecule has 3 heterocycles. The van der Waals surface area contributed by atoms with Gasteiger partial charge in [-0.15, -0.1) is 0 Å². The van der Waals surface area contributed by atoms with Gasteiger partial charge >= 0.3 is 6.09 Å². The number of hydrogen-bond acceptors (Lipinski definition) is 8. The number of methoxy groups -OCH3 is 2. The number of carbonyl (C=O) groups excluding carboxylic acids is 1. The number of hydrogen-bond donors (Lipinski definition) is 2. The van der Waals surface area contributed by atoms with Crippen LogP contribution in [0.5, 0.6) is 11.5 Å². The molecular formula is C27H31N5O4. The highest BCUT2D eigenvalue weighted by Crippen LogP contribution is 2.36. The smallest absolute Gasteiger partial charge is 0.407 e. The van der Waals surface area contributed by atoms with Crippen LogP contribution in [0, 0.1) is 0 Å². The van der Waals surface area contributed by atoms with E-state index in [9.17, 15) is 4.79 Å². The molecular weight excluding hydrogens is 458 g/mol. The van der Waals surface area contributed by atoms with E-state index < -0.39 is 11.7 Å². The quantitative estimate of drug-likeness (QED) is 0.278. The van der Waals surface area contributed by atoms with Gasteiger partial charge in [-0.2, -0.15) is 0 Å². The summed E-state index contributed by atoms with van der Waals surface area (Å²) in [6, 6.07) is 7.78. The minimum Gasteiger partial charge on any atom is -0.493 e. The molecule has 9 nitrogen and oxygen atoms in total. The van der Waals surface area contributed by atoms with Crippen LogP contribution in [0.1, 0.15) is 32.8 Å². The van der Waals surface area contributed by atoms with Crippen LogP contribution in [0.2, 0.25) is 0 Å². The first-order chi connectivity index (χ1) is 17.2. The van der Waals surface area contributed by atoms with Crippen molar-refractivity contribution in [2.45, 2.75) is 39.2 Å². The molecule has 1 amide bonds. The van der Waals surface area contributed by atoms with Gasteiger partial charge < -0.3 is 25.3 Å². The van der Waals surface area contributed by atoms with Gasteiger partial charge in [0.05, 0.1) is 25.4 Å². The number of amides is 1. The second-order valence-electron chi connectivity index (χ2n) is 9.45. The molecule has 0 spiro atoms. The van der Waals surface area contributed by atoms with Gasteiger partial charge in [-0.05, 0) is 62.8 Å². The maximum absolute atomic E-state index is 11.8. The van der Waals surface area contributed by atoms with Gasteiger partial charge in [0.25, 0.3) is 0 Å². The third-order valence-electron chi connectivity index (χ3n) is 5.61. The van der Waals surface area contributed by atoms with Crippen LogP contribution in [0.15, 0.2) is 42.9 Å². The first-order valence-corrected chi connectivity index (χ1v) is 11.7. The van der Waals surface area contributed by atoms with E-state index in [2.05, 4.69) is 20.3 Å². The lowest BCUT2D eigenvalue weighted by Crippen LogP contribution is -2.33. The number of ether oxygens (including phenoxy) is 3. The fourth-order valence-corrected chi connectivity index (χ4v) is 3.97. The molecule has 0 radical (unpaired) electrons. The number of pyridine rings is 3. The molecule has 188 valence electrons. The van der Waals surface area contributed by atoms with Crippen molar-refractivity contribution in [1.29, 1.82) is 0 Å². The zero-order chi connectivity index (χ0) is 25.9. The lowest BCUT2D eigenvalue weighted by atomic mass is 10.0. The van der Waals surface area contributed by atoms with E-state index in [1.54, 1.807) is 26.6 Å². The van der Waals surface area contributed by atoms with Gasteiger partial charge in [0.1, 0.15) is 11.4 Å². The second-order valence-corrected chi connectivity index (χ2v) is 9.45. The third kappa shape index (κ3) is 5.56. The molecule has 36 heavy (non-hydrogen) atoms. The molecule has 9 heteroatoms. The van der Waals surface area contributed by atoms with E-state index in [0.717, 1.165) is 45.6 Å². The predicted octanol–water partition coefficient (Wildman–Crippen LogP) is 4.90. The van der Waals surface area contributed by atoms with Crippen LogP contribution >= 0.6 is 0 Å². The van der Waals surface area contributed by atoms with Crippen LogP contribution in [-0.4, -0.2) is 47.4 Å². The van der Waals surface area contributed by atoms with Crippen molar-refractivity contribution in [3.8, 4) is 22.8 Å². The zero-order valence-corrected chi connectivity index (χ0v) is 21.2.